The summed E-state index contributed by atoms with van der Waals surface area (Å²) in [7, 11) is 0. The SMILES string of the molecule is CC(N)OC(=O)N1CCN(C(=O)Oc2ccc(-n3cccn3)cc2)CC1. The second-order valence-corrected chi connectivity index (χ2v) is 5.88. The monoisotopic (exact) mass is 359 g/mol. The first kappa shape index (κ1) is 17.7. The average molecular weight is 359 g/mol. The molecular formula is C17H21N5O4. The van der Waals surface area contributed by atoms with Crippen LogP contribution in [0.5, 0.6) is 5.75 Å². The van der Waals surface area contributed by atoms with E-state index in [1.54, 1.807) is 34.8 Å². The van der Waals surface area contributed by atoms with E-state index >= 15 is 0 Å². The van der Waals surface area contributed by atoms with Gasteiger partial charge in [0.25, 0.3) is 0 Å². The van der Waals surface area contributed by atoms with Gasteiger partial charge in [0.2, 0.25) is 0 Å². The van der Waals surface area contributed by atoms with E-state index in [1.165, 1.54) is 4.90 Å². The van der Waals surface area contributed by atoms with Crippen LogP contribution in [-0.2, 0) is 4.74 Å². The molecule has 26 heavy (non-hydrogen) atoms. The second kappa shape index (κ2) is 7.87. The Hall–Kier alpha value is -3.07. The van der Waals surface area contributed by atoms with Crippen LogP contribution in [0.2, 0.25) is 0 Å². The van der Waals surface area contributed by atoms with E-state index in [-0.39, 0.29) is 0 Å². The Balaban J connectivity index is 1.51. The first-order valence-electron chi connectivity index (χ1n) is 8.31. The summed E-state index contributed by atoms with van der Waals surface area (Å²) >= 11 is 0. The fourth-order valence-electron chi connectivity index (χ4n) is 2.56. The molecule has 0 saturated carbocycles. The zero-order chi connectivity index (χ0) is 18.5. The summed E-state index contributed by atoms with van der Waals surface area (Å²) in [6, 6.07) is 8.89. The molecule has 0 spiro atoms. The molecule has 1 saturated heterocycles. The highest BCUT2D eigenvalue weighted by atomic mass is 16.6. The molecule has 2 amide bonds. The second-order valence-electron chi connectivity index (χ2n) is 5.88. The molecule has 0 radical (unpaired) electrons. The fraction of sp³-hybridized carbons (Fsp3) is 0.353. The van der Waals surface area contributed by atoms with Gasteiger partial charge < -0.3 is 19.3 Å². The predicted octanol–water partition coefficient (Wildman–Crippen LogP) is 1.43. The molecule has 1 aliphatic rings. The molecule has 9 heteroatoms. The zero-order valence-electron chi connectivity index (χ0n) is 14.4. The topological polar surface area (TPSA) is 103 Å². The molecule has 1 aromatic carbocycles. The molecule has 0 bridgehead atoms. The third-order valence-electron chi connectivity index (χ3n) is 3.89. The summed E-state index contributed by atoms with van der Waals surface area (Å²) in [4.78, 5) is 27.1. The summed E-state index contributed by atoms with van der Waals surface area (Å²) in [6.07, 6.45) is 1.95. The van der Waals surface area contributed by atoms with Crippen LogP contribution in [0.15, 0.2) is 42.7 Å². The summed E-state index contributed by atoms with van der Waals surface area (Å²) in [5.74, 6) is 0.449. The van der Waals surface area contributed by atoms with Gasteiger partial charge in [0.1, 0.15) is 12.0 Å². The fourth-order valence-corrected chi connectivity index (χ4v) is 2.56. The van der Waals surface area contributed by atoms with E-state index in [0.717, 1.165) is 5.69 Å². The third kappa shape index (κ3) is 4.31. The van der Waals surface area contributed by atoms with Gasteiger partial charge in [0.05, 0.1) is 5.69 Å². The van der Waals surface area contributed by atoms with E-state index in [9.17, 15) is 9.59 Å². The predicted molar refractivity (Wildman–Crippen MR) is 92.9 cm³/mol. The number of carbonyl (C=O) groups excluding carboxylic acids is 2. The van der Waals surface area contributed by atoms with Crippen molar-refractivity contribution in [1.82, 2.24) is 19.6 Å². The van der Waals surface area contributed by atoms with Crippen molar-refractivity contribution in [3.05, 3.63) is 42.7 Å². The van der Waals surface area contributed by atoms with Crippen LogP contribution in [0.4, 0.5) is 9.59 Å². The average Bonchev–Trinajstić information content (AvgIpc) is 3.16. The van der Waals surface area contributed by atoms with Crippen molar-refractivity contribution in [3.8, 4) is 11.4 Å². The van der Waals surface area contributed by atoms with Gasteiger partial charge in [-0.15, -0.1) is 0 Å². The Kier molecular flexibility index (Phi) is 5.37. The van der Waals surface area contributed by atoms with Crippen LogP contribution in [0.3, 0.4) is 0 Å². The van der Waals surface area contributed by atoms with E-state index in [0.29, 0.717) is 31.9 Å². The Morgan fingerprint density at radius 1 is 1.08 bits per heavy atom. The number of carbonyl (C=O) groups is 2. The van der Waals surface area contributed by atoms with Gasteiger partial charge in [0, 0.05) is 38.6 Å². The van der Waals surface area contributed by atoms with Crippen LogP contribution in [0.25, 0.3) is 5.69 Å². The first-order valence-corrected chi connectivity index (χ1v) is 8.31. The maximum absolute atomic E-state index is 12.3. The van der Waals surface area contributed by atoms with Crippen LogP contribution in [0, 0.1) is 0 Å². The van der Waals surface area contributed by atoms with Gasteiger partial charge >= 0.3 is 12.2 Å². The van der Waals surface area contributed by atoms with Gasteiger partial charge in [-0.25, -0.2) is 14.3 Å². The van der Waals surface area contributed by atoms with Crippen LogP contribution < -0.4 is 10.5 Å². The lowest BCUT2D eigenvalue weighted by molar-refractivity contribution is 0.0539. The molecule has 0 aliphatic carbocycles. The smallest absolute Gasteiger partial charge is 0.415 e. The molecule has 1 aromatic heterocycles. The molecule has 2 aromatic rings. The first-order chi connectivity index (χ1) is 12.5. The van der Waals surface area contributed by atoms with Crippen molar-refractivity contribution in [3.63, 3.8) is 0 Å². The lowest BCUT2D eigenvalue weighted by Gasteiger charge is -2.33. The van der Waals surface area contributed by atoms with Gasteiger partial charge in [-0.2, -0.15) is 5.10 Å². The molecule has 2 heterocycles. The molecule has 1 atom stereocenters. The third-order valence-corrected chi connectivity index (χ3v) is 3.89. The summed E-state index contributed by atoms with van der Waals surface area (Å²) in [5, 5.41) is 4.14. The number of rotatable bonds is 3. The molecule has 1 unspecified atom stereocenters. The number of nitrogens with zero attached hydrogens (tertiary/aromatic N) is 4. The lowest BCUT2D eigenvalue weighted by atomic mass is 10.3. The molecular weight excluding hydrogens is 338 g/mol. The Bertz CT molecular complexity index is 737. The maximum Gasteiger partial charge on any atom is 0.415 e. The Labute approximate surface area is 150 Å². The summed E-state index contributed by atoms with van der Waals surface area (Å²) in [6.45, 7) is 3.08. The van der Waals surface area contributed by atoms with Crippen molar-refractivity contribution in [2.75, 3.05) is 26.2 Å². The van der Waals surface area contributed by atoms with Crippen molar-refractivity contribution in [2.45, 2.75) is 13.2 Å². The summed E-state index contributed by atoms with van der Waals surface area (Å²) in [5.41, 5.74) is 6.31. The van der Waals surface area contributed by atoms with Crippen LogP contribution >= 0.6 is 0 Å². The number of aromatic nitrogens is 2. The molecule has 2 N–H and O–H groups in total. The largest absolute Gasteiger partial charge is 0.431 e. The van der Waals surface area contributed by atoms with Crippen molar-refractivity contribution in [2.24, 2.45) is 5.73 Å². The lowest BCUT2D eigenvalue weighted by Crippen LogP contribution is -2.52. The Morgan fingerprint density at radius 2 is 1.69 bits per heavy atom. The Morgan fingerprint density at radius 3 is 2.23 bits per heavy atom. The van der Waals surface area contributed by atoms with Crippen molar-refractivity contribution < 1.29 is 19.1 Å². The van der Waals surface area contributed by atoms with E-state index in [1.807, 2.05) is 24.4 Å². The highest BCUT2D eigenvalue weighted by Crippen LogP contribution is 2.16. The molecule has 1 fully saturated rings. The molecule has 9 nitrogen and oxygen atoms in total. The number of hydrogen-bond donors (Lipinski definition) is 1. The van der Waals surface area contributed by atoms with Gasteiger partial charge in [-0.3, -0.25) is 5.73 Å². The highest BCUT2D eigenvalue weighted by Gasteiger charge is 2.26. The standard InChI is InChI=1S/C17H21N5O4/c1-13(18)25-16(23)20-9-11-21(12-10-20)17(24)26-15-5-3-14(4-6-15)22-8-2-7-19-22/h2-8,13H,9-12,18H2,1H3. The quantitative estimate of drug-likeness (QED) is 0.832. The van der Waals surface area contributed by atoms with Crippen molar-refractivity contribution in [1.29, 1.82) is 0 Å². The van der Waals surface area contributed by atoms with Crippen LogP contribution in [-0.4, -0.2) is 64.2 Å². The number of ether oxygens (including phenoxy) is 2. The summed E-state index contributed by atoms with van der Waals surface area (Å²) < 4.78 is 12.0. The van der Waals surface area contributed by atoms with E-state index in [4.69, 9.17) is 15.2 Å². The zero-order valence-corrected chi connectivity index (χ0v) is 14.4. The molecule has 1 aliphatic heterocycles. The highest BCUT2D eigenvalue weighted by molar-refractivity contribution is 5.72. The number of nitrogens with two attached hydrogens (primary N) is 1. The van der Waals surface area contributed by atoms with E-state index < -0.39 is 18.4 Å². The maximum atomic E-state index is 12.3. The van der Waals surface area contributed by atoms with E-state index in [2.05, 4.69) is 5.10 Å². The van der Waals surface area contributed by atoms with Gasteiger partial charge in [0.15, 0.2) is 0 Å². The number of hydrogen-bond acceptors (Lipinski definition) is 6. The number of piperazine rings is 1. The minimum Gasteiger partial charge on any atom is -0.431 e. The van der Waals surface area contributed by atoms with Crippen molar-refractivity contribution >= 4 is 12.2 Å². The molecule has 3 rings (SSSR count). The normalized spacial score (nSPS) is 15.5. The molecule has 138 valence electrons. The minimum atomic E-state index is -0.657. The van der Waals surface area contributed by atoms with Gasteiger partial charge in [-0.05, 0) is 37.3 Å². The number of amides is 2. The minimum absolute atomic E-state index is 0.373. The van der Waals surface area contributed by atoms with Crippen LogP contribution in [0.1, 0.15) is 6.92 Å². The van der Waals surface area contributed by atoms with Gasteiger partial charge in [-0.1, -0.05) is 0 Å². The number of benzene rings is 1.